The van der Waals surface area contributed by atoms with E-state index in [1.165, 1.54) is 0 Å². The summed E-state index contributed by atoms with van der Waals surface area (Å²) in [5.74, 6) is 0. The maximum atomic E-state index is 11.6. The summed E-state index contributed by atoms with van der Waals surface area (Å²) in [7, 11) is 1.65. The van der Waals surface area contributed by atoms with Gasteiger partial charge in [-0.05, 0) is 60.5 Å². The molecular weight excluding hydrogens is 317 g/mol. The Morgan fingerprint density at radius 1 is 1.08 bits per heavy atom. The number of amides is 1. The van der Waals surface area contributed by atoms with Crippen LogP contribution in [0.1, 0.15) is 54.0 Å². The fourth-order valence-electron chi connectivity index (χ4n) is 1.75. The van der Waals surface area contributed by atoms with E-state index >= 15 is 0 Å². The van der Waals surface area contributed by atoms with Crippen LogP contribution in [0.2, 0.25) is 0 Å². The summed E-state index contributed by atoms with van der Waals surface area (Å²) in [6.45, 7) is 13.2. The summed E-state index contributed by atoms with van der Waals surface area (Å²) < 4.78 is 10.9. The fourth-order valence-corrected chi connectivity index (χ4v) is 1.75. The topological polar surface area (TPSA) is 67.8 Å². The molecule has 0 aliphatic heterocycles. The average molecular weight is 348 g/mol. The third kappa shape index (κ3) is 7.93. The van der Waals surface area contributed by atoms with Crippen LogP contribution in [-0.2, 0) is 15.8 Å². The van der Waals surface area contributed by atoms with Crippen molar-refractivity contribution in [2.24, 2.45) is 0 Å². The number of alkyl carbamates (subject to hydrolysis) is 1. The molecule has 1 aromatic rings. The summed E-state index contributed by atoms with van der Waals surface area (Å²) in [6, 6.07) is 7.87. The monoisotopic (exact) mass is 348 g/mol. The van der Waals surface area contributed by atoms with Gasteiger partial charge in [0, 0.05) is 6.54 Å². The lowest BCUT2D eigenvalue weighted by Crippen LogP contribution is -2.49. The second kappa shape index (κ2) is 8.24. The largest absolute Gasteiger partial charge is 0.444 e. The van der Waals surface area contributed by atoms with Crippen molar-refractivity contribution in [3.63, 3.8) is 0 Å². The van der Waals surface area contributed by atoms with Gasteiger partial charge in [0.2, 0.25) is 0 Å². The van der Waals surface area contributed by atoms with Crippen LogP contribution in [0, 0.1) is 0 Å². The number of ether oxygens (including phenoxy) is 1. The molecule has 0 saturated heterocycles. The Labute approximate surface area is 152 Å². The van der Waals surface area contributed by atoms with E-state index in [-0.39, 0.29) is 0 Å². The molecule has 1 aromatic carbocycles. The molecule has 0 bridgehead atoms. The van der Waals surface area contributed by atoms with Crippen LogP contribution in [0.4, 0.5) is 4.79 Å². The van der Waals surface area contributed by atoms with Crippen molar-refractivity contribution < 1.29 is 19.3 Å². The van der Waals surface area contributed by atoms with Gasteiger partial charge >= 0.3 is 13.6 Å². The molecule has 2 N–H and O–H groups in total. The highest BCUT2D eigenvalue weighted by atomic mass is 16.6. The standard InChI is InChI=1S/C19H31BNO4/c1-17(2,3)24-16(22)21-13-12-14-8-10-15(11-9-14)20-25-19(6,7)18(4,5)23/h8-11,23H,12-13H2,1-7H3,(H,21,22). The molecule has 1 radical (unpaired) electrons. The highest BCUT2D eigenvalue weighted by Gasteiger charge is 2.35. The summed E-state index contributed by atoms with van der Waals surface area (Å²) >= 11 is 0. The van der Waals surface area contributed by atoms with E-state index in [1.807, 2.05) is 58.9 Å². The Balaban J connectivity index is 2.43. The summed E-state index contributed by atoms with van der Waals surface area (Å²) in [5, 5.41) is 12.8. The molecule has 0 unspecified atom stereocenters. The summed E-state index contributed by atoms with van der Waals surface area (Å²) in [6.07, 6.45) is 0.315. The smallest absolute Gasteiger partial charge is 0.407 e. The van der Waals surface area contributed by atoms with Gasteiger partial charge in [-0.15, -0.1) is 0 Å². The first kappa shape index (κ1) is 21.5. The zero-order chi connectivity index (χ0) is 19.3. The third-order valence-corrected chi connectivity index (χ3v) is 4.02. The van der Waals surface area contributed by atoms with Gasteiger partial charge in [-0.1, -0.05) is 29.7 Å². The van der Waals surface area contributed by atoms with E-state index in [9.17, 15) is 9.90 Å². The molecule has 0 spiro atoms. The van der Waals surface area contributed by atoms with Gasteiger partial charge in [-0.3, -0.25) is 0 Å². The number of rotatable bonds is 7. The van der Waals surface area contributed by atoms with E-state index < -0.39 is 22.9 Å². The van der Waals surface area contributed by atoms with Crippen molar-refractivity contribution in [3.05, 3.63) is 29.8 Å². The predicted octanol–water partition coefficient (Wildman–Crippen LogP) is 2.56. The number of hydrogen-bond acceptors (Lipinski definition) is 4. The zero-order valence-corrected chi connectivity index (χ0v) is 16.5. The Hall–Kier alpha value is -1.53. The van der Waals surface area contributed by atoms with Crippen molar-refractivity contribution in [2.45, 2.75) is 71.7 Å². The average Bonchev–Trinajstić information content (AvgIpc) is 2.43. The normalized spacial score (nSPS) is 12.6. The Morgan fingerprint density at radius 3 is 2.12 bits per heavy atom. The molecule has 1 rings (SSSR count). The first-order valence-electron chi connectivity index (χ1n) is 8.59. The van der Waals surface area contributed by atoms with E-state index in [1.54, 1.807) is 21.3 Å². The molecule has 0 atom stereocenters. The molecule has 0 aliphatic carbocycles. The van der Waals surface area contributed by atoms with Crippen LogP contribution < -0.4 is 10.8 Å². The summed E-state index contributed by atoms with van der Waals surface area (Å²) in [4.78, 5) is 11.6. The second-order valence-corrected chi connectivity index (χ2v) is 8.23. The number of hydrogen-bond donors (Lipinski definition) is 2. The van der Waals surface area contributed by atoms with Crippen LogP contribution in [0.25, 0.3) is 0 Å². The molecule has 0 aromatic heterocycles. The molecule has 6 heteroatoms. The van der Waals surface area contributed by atoms with Crippen LogP contribution in [0.5, 0.6) is 0 Å². The highest BCUT2D eigenvalue weighted by molar-refractivity contribution is 6.47. The number of carbonyl (C=O) groups is 1. The third-order valence-electron chi connectivity index (χ3n) is 4.02. The Kier molecular flexibility index (Phi) is 7.09. The number of benzene rings is 1. The molecule has 5 nitrogen and oxygen atoms in total. The van der Waals surface area contributed by atoms with Crippen molar-refractivity contribution >= 4 is 19.0 Å². The van der Waals surface area contributed by atoms with Gasteiger partial charge in [0.05, 0.1) is 11.2 Å². The highest BCUT2D eigenvalue weighted by Crippen LogP contribution is 2.24. The fraction of sp³-hybridized carbons (Fsp3) is 0.632. The first-order valence-corrected chi connectivity index (χ1v) is 8.59. The summed E-state index contributed by atoms with van der Waals surface area (Å²) in [5.41, 5.74) is -0.103. The van der Waals surface area contributed by atoms with Gasteiger partial charge in [-0.25, -0.2) is 4.79 Å². The molecule has 0 saturated carbocycles. The van der Waals surface area contributed by atoms with Crippen molar-refractivity contribution in [1.82, 2.24) is 5.32 Å². The molecule has 0 aliphatic rings. The second-order valence-electron chi connectivity index (χ2n) is 8.23. The molecule has 139 valence electrons. The minimum Gasteiger partial charge on any atom is -0.444 e. The maximum Gasteiger partial charge on any atom is 0.407 e. The lowest BCUT2D eigenvalue weighted by atomic mass is 9.82. The predicted molar refractivity (Wildman–Crippen MR) is 101 cm³/mol. The van der Waals surface area contributed by atoms with Crippen LogP contribution in [-0.4, -0.2) is 42.0 Å². The number of aliphatic hydroxyl groups is 1. The van der Waals surface area contributed by atoms with Crippen LogP contribution in [0.3, 0.4) is 0 Å². The molecule has 0 heterocycles. The molecule has 0 fully saturated rings. The minimum atomic E-state index is -0.948. The van der Waals surface area contributed by atoms with Crippen LogP contribution in [0.15, 0.2) is 24.3 Å². The van der Waals surface area contributed by atoms with Gasteiger partial charge in [0.25, 0.3) is 0 Å². The van der Waals surface area contributed by atoms with Gasteiger partial charge in [-0.2, -0.15) is 0 Å². The minimum absolute atomic E-state index is 0.403. The number of carbonyl (C=O) groups excluding carboxylic acids is 1. The van der Waals surface area contributed by atoms with E-state index in [2.05, 4.69) is 5.32 Å². The van der Waals surface area contributed by atoms with Crippen molar-refractivity contribution in [3.8, 4) is 0 Å². The van der Waals surface area contributed by atoms with Gasteiger partial charge < -0.3 is 19.8 Å². The van der Waals surface area contributed by atoms with E-state index in [4.69, 9.17) is 9.39 Å². The lowest BCUT2D eigenvalue weighted by Gasteiger charge is -2.37. The Bertz CT molecular complexity index is 556. The molecular formula is C19H31BNO4. The van der Waals surface area contributed by atoms with Gasteiger partial charge in [0.15, 0.2) is 0 Å². The maximum absolute atomic E-state index is 11.6. The van der Waals surface area contributed by atoms with E-state index in [0.29, 0.717) is 6.54 Å². The molecule has 25 heavy (non-hydrogen) atoms. The van der Waals surface area contributed by atoms with Crippen LogP contribution >= 0.6 is 0 Å². The quantitative estimate of drug-likeness (QED) is 0.743. The zero-order valence-electron chi connectivity index (χ0n) is 16.5. The first-order chi connectivity index (χ1) is 11.3. The Morgan fingerprint density at radius 2 is 1.64 bits per heavy atom. The lowest BCUT2D eigenvalue weighted by molar-refractivity contribution is -0.0893. The van der Waals surface area contributed by atoms with E-state index in [0.717, 1.165) is 17.4 Å². The molecule has 1 amide bonds. The van der Waals surface area contributed by atoms with Gasteiger partial charge in [0.1, 0.15) is 5.60 Å². The number of nitrogens with one attached hydrogen (secondary N) is 1. The van der Waals surface area contributed by atoms with Crippen molar-refractivity contribution in [1.29, 1.82) is 0 Å². The van der Waals surface area contributed by atoms with Crippen molar-refractivity contribution in [2.75, 3.05) is 6.54 Å². The SMILES string of the molecule is CC(C)(C)OC(=O)NCCc1ccc([B]OC(C)(C)C(C)(C)O)cc1.